The fourth-order valence-corrected chi connectivity index (χ4v) is 4.58. The standard InChI is InChI=1S/C20H20N2O3S/c23-12-13-10-15(11-13)21-19(24)18(14-6-2-1-3-7-14)22-20(25)16-8-4-5-9-17(16)26-22/h1-9,13,15,18,23H,10-12H2,(H,21,24). The van der Waals surface area contributed by atoms with Gasteiger partial charge < -0.3 is 10.4 Å². The number of benzene rings is 2. The smallest absolute Gasteiger partial charge is 0.269 e. The summed E-state index contributed by atoms with van der Waals surface area (Å²) in [6.45, 7) is 0.157. The molecule has 2 N–H and O–H groups in total. The molecule has 1 fully saturated rings. The molecular formula is C20H20N2O3S. The van der Waals surface area contributed by atoms with Crippen molar-refractivity contribution in [2.24, 2.45) is 5.92 Å². The number of carbonyl (C=O) groups is 1. The van der Waals surface area contributed by atoms with E-state index in [9.17, 15) is 9.59 Å². The van der Waals surface area contributed by atoms with Crippen LogP contribution in [0.4, 0.5) is 0 Å². The zero-order valence-electron chi connectivity index (χ0n) is 14.2. The summed E-state index contributed by atoms with van der Waals surface area (Å²) in [6.07, 6.45) is 1.57. The van der Waals surface area contributed by atoms with Crippen LogP contribution in [0, 0.1) is 5.92 Å². The van der Waals surface area contributed by atoms with Crippen molar-refractivity contribution in [2.45, 2.75) is 24.9 Å². The maximum atomic E-state index is 13.0. The van der Waals surface area contributed by atoms with Crippen LogP contribution in [0.1, 0.15) is 24.4 Å². The number of hydrogen-bond donors (Lipinski definition) is 2. The fourth-order valence-electron chi connectivity index (χ4n) is 3.47. The molecule has 3 aromatic rings. The van der Waals surface area contributed by atoms with E-state index in [1.807, 2.05) is 48.5 Å². The van der Waals surface area contributed by atoms with Crippen molar-refractivity contribution in [1.82, 2.24) is 9.27 Å². The number of aromatic nitrogens is 1. The van der Waals surface area contributed by atoms with Gasteiger partial charge in [0.05, 0.1) is 10.1 Å². The quantitative estimate of drug-likeness (QED) is 0.727. The molecule has 0 bridgehead atoms. The number of nitrogens with zero attached hydrogens (tertiary/aromatic N) is 1. The van der Waals surface area contributed by atoms with Crippen LogP contribution >= 0.6 is 11.5 Å². The summed E-state index contributed by atoms with van der Waals surface area (Å²) in [5, 5.41) is 12.8. The average molecular weight is 368 g/mol. The Hall–Kier alpha value is -2.44. The molecule has 1 aliphatic carbocycles. The van der Waals surface area contributed by atoms with Gasteiger partial charge in [-0.15, -0.1) is 0 Å². The summed E-state index contributed by atoms with van der Waals surface area (Å²) in [5.41, 5.74) is 0.646. The van der Waals surface area contributed by atoms with E-state index in [1.54, 1.807) is 10.0 Å². The van der Waals surface area contributed by atoms with Gasteiger partial charge in [0.15, 0.2) is 6.04 Å². The molecule has 5 nitrogen and oxygen atoms in total. The highest BCUT2D eigenvalue weighted by molar-refractivity contribution is 7.14. The maximum absolute atomic E-state index is 13.0. The molecular weight excluding hydrogens is 348 g/mol. The molecule has 6 heteroatoms. The summed E-state index contributed by atoms with van der Waals surface area (Å²) in [6, 6.07) is 16.2. The van der Waals surface area contributed by atoms with Crippen LogP contribution in [-0.2, 0) is 4.79 Å². The first-order valence-electron chi connectivity index (χ1n) is 8.74. The van der Waals surface area contributed by atoms with Gasteiger partial charge in [0, 0.05) is 12.6 Å². The summed E-state index contributed by atoms with van der Waals surface area (Å²) < 4.78 is 2.44. The molecule has 1 heterocycles. The first kappa shape index (κ1) is 17.0. The summed E-state index contributed by atoms with van der Waals surface area (Å²) >= 11 is 1.32. The number of carbonyl (C=O) groups excluding carboxylic acids is 1. The van der Waals surface area contributed by atoms with Crippen LogP contribution < -0.4 is 10.9 Å². The first-order chi connectivity index (χ1) is 12.7. The lowest BCUT2D eigenvalue weighted by atomic mass is 9.81. The summed E-state index contributed by atoms with van der Waals surface area (Å²) in [7, 11) is 0. The SMILES string of the molecule is O=C(NC1CC(CO)C1)C(c1ccccc1)n1sc2ccccc2c1=O. The largest absolute Gasteiger partial charge is 0.396 e. The summed E-state index contributed by atoms with van der Waals surface area (Å²) in [4.78, 5) is 25.9. The Kier molecular flexibility index (Phi) is 4.61. The molecule has 0 saturated heterocycles. The monoisotopic (exact) mass is 368 g/mol. The molecule has 0 aliphatic heterocycles. The molecule has 1 atom stereocenters. The van der Waals surface area contributed by atoms with E-state index in [-0.39, 0.29) is 30.0 Å². The van der Waals surface area contributed by atoms with Crippen molar-refractivity contribution in [3.8, 4) is 0 Å². The van der Waals surface area contributed by atoms with E-state index in [4.69, 9.17) is 5.11 Å². The van der Waals surface area contributed by atoms with Crippen LogP contribution in [0.25, 0.3) is 10.1 Å². The van der Waals surface area contributed by atoms with E-state index >= 15 is 0 Å². The van der Waals surface area contributed by atoms with Gasteiger partial charge in [-0.3, -0.25) is 9.59 Å². The zero-order chi connectivity index (χ0) is 18.1. The van der Waals surface area contributed by atoms with Crippen LogP contribution in [0.2, 0.25) is 0 Å². The molecule has 26 heavy (non-hydrogen) atoms. The molecule has 1 unspecified atom stereocenters. The van der Waals surface area contributed by atoms with Crippen LogP contribution in [0.3, 0.4) is 0 Å². The van der Waals surface area contributed by atoms with Gasteiger partial charge in [0.1, 0.15) is 0 Å². The van der Waals surface area contributed by atoms with Crippen molar-refractivity contribution in [3.63, 3.8) is 0 Å². The lowest BCUT2D eigenvalue weighted by Crippen LogP contribution is -2.48. The zero-order valence-corrected chi connectivity index (χ0v) is 15.0. The molecule has 2 aromatic carbocycles. The molecule has 1 aliphatic rings. The van der Waals surface area contributed by atoms with Crippen molar-refractivity contribution in [2.75, 3.05) is 6.61 Å². The van der Waals surface area contributed by atoms with Gasteiger partial charge in [0.2, 0.25) is 5.91 Å². The second-order valence-corrected chi connectivity index (χ2v) is 7.77. The maximum Gasteiger partial charge on any atom is 0.269 e. The number of rotatable bonds is 5. The Morgan fingerprint density at radius 3 is 2.54 bits per heavy atom. The van der Waals surface area contributed by atoms with Crippen LogP contribution in [0.15, 0.2) is 59.4 Å². The number of amides is 1. The third-order valence-corrected chi connectivity index (χ3v) is 6.08. The van der Waals surface area contributed by atoms with E-state index < -0.39 is 6.04 Å². The highest BCUT2D eigenvalue weighted by Crippen LogP contribution is 2.29. The van der Waals surface area contributed by atoms with Crippen molar-refractivity contribution in [3.05, 3.63) is 70.5 Å². The molecule has 0 radical (unpaired) electrons. The second-order valence-electron chi connectivity index (χ2n) is 6.76. The van der Waals surface area contributed by atoms with Gasteiger partial charge in [-0.25, -0.2) is 3.96 Å². The molecule has 1 aromatic heterocycles. The molecule has 1 saturated carbocycles. The van der Waals surface area contributed by atoms with Crippen LogP contribution in [0.5, 0.6) is 0 Å². The number of hydrogen-bond acceptors (Lipinski definition) is 4. The number of fused-ring (bicyclic) bond motifs is 1. The third-order valence-electron chi connectivity index (χ3n) is 4.95. The van der Waals surface area contributed by atoms with Gasteiger partial charge in [-0.1, -0.05) is 54.0 Å². The predicted molar refractivity (Wildman–Crippen MR) is 102 cm³/mol. The third kappa shape index (κ3) is 3.06. The first-order valence-corrected chi connectivity index (χ1v) is 9.51. The lowest BCUT2D eigenvalue weighted by molar-refractivity contribution is -0.124. The number of aliphatic hydroxyl groups is 1. The highest BCUT2D eigenvalue weighted by atomic mass is 32.1. The predicted octanol–water partition coefficient (Wildman–Crippen LogP) is 2.54. The van der Waals surface area contributed by atoms with Crippen molar-refractivity contribution >= 4 is 27.5 Å². The molecule has 1 amide bonds. The van der Waals surface area contributed by atoms with Gasteiger partial charge in [0.25, 0.3) is 5.56 Å². The normalized spacial score (nSPS) is 20.5. The highest BCUT2D eigenvalue weighted by Gasteiger charge is 2.33. The lowest BCUT2D eigenvalue weighted by Gasteiger charge is -2.35. The Morgan fingerprint density at radius 2 is 1.85 bits per heavy atom. The Bertz CT molecular complexity index is 973. The topological polar surface area (TPSA) is 71.3 Å². The van der Waals surface area contributed by atoms with Crippen molar-refractivity contribution in [1.29, 1.82) is 0 Å². The number of nitrogens with one attached hydrogen (secondary N) is 1. The summed E-state index contributed by atoms with van der Waals surface area (Å²) in [5.74, 6) is 0.0915. The van der Waals surface area contributed by atoms with Crippen molar-refractivity contribution < 1.29 is 9.90 Å². The van der Waals surface area contributed by atoms with E-state index in [0.717, 1.165) is 23.1 Å². The van der Waals surface area contributed by atoms with E-state index in [1.165, 1.54) is 11.5 Å². The fraction of sp³-hybridized carbons (Fsp3) is 0.300. The molecule has 0 spiro atoms. The minimum Gasteiger partial charge on any atom is -0.396 e. The molecule has 134 valence electrons. The Morgan fingerprint density at radius 1 is 1.15 bits per heavy atom. The molecule has 4 rings (SSSR count). The second kappa shape index (κ2) is 7.05. The Balaban J connectivity index is 1.70. The van der Waals surface area contributed by atoms with E-state index in [2.05, 4.69) is 5.32 Å². The number of aliphatic hydroxyl groups excluding tert-OH is 1. The van der Waals surface area contributed by atoms with E-state index in [0.29, 0.717) is 5.39 Å². The van der Waals surface area contributed by atoms with Gasteiger partial charge in [-0.2, -0.15) is 0 Å². The average Bonchev–Trinajstić information content (AvgIpc) is 2.96. The van der Waals surface area contributed by atoms with Gasteiger partial charge >= 0.3 is 0 Å². The van der Waals surface area contributed by atoms with Gasteiger partial charge in [-0.05, 0) is 36.5 Å². The Labute approximate surface area is 155 Å². The minimum absolute atomic E-state index is 0.0657. The minimum atomic E-state index is -0.686. The van der Waals surface area contributed by atoms with Crippen LogP contribution in [-0.4, -0.2) is 27.6 Å².